The molecule has 0 aliphatic carbocycles. The lowest BCUT2D eigenvalue weighted by Crippen LogP contribution is -2.40. The molecule has 1 aliphatic rings. The van der Waals surface area contributed by atoms with Crippen LogP contribution in [0, 0.1) is 6.92 Å². The van der Waals surface area contributed by atoms with Crippen molar-refractivity contribution in [1.82, 2.24) is 4.31 Å². The molecule has 0 unspecified atom stereocenters. The fraction of sp³-hybridized carbons (Fsp3) is 0.350. The van der Waals surface area contributed by atoms with Crippen molar-refractivity contribution in [1.29, 1.82) is 0 Å². The van der Waals surface area contributed by atoms with Crippen LogP contribution in [0.5, 0.6) is 0 Å². The Balaban J connectivity index is 1.92. The summed E-state index contributed by atoms with van der Waals surface area (Å²) >= 11 is 6.08. The molecule has 1 heterocycles. The monoisotopic (exact) mass is 437 g/mol. The van der Waals surface area contributed by atoms with Gasteiger partial charge in [0, 0.05) is 37.8 Å². The Hall–Kier alpha value is -2.13. The summed E-state index contributed by atoms with van der Waals surface area (Å²) in [4.78, 5) is 14.9. The van der Waals surface area contributed by atoms with E-state index in [9.17, 15) is 13.2 Å². The summed E-state index contributed by atoms with van der Waals surface area (Å²) in [6, 6.07) is 9.90. The number of carbonyl (C=O) groups excluding carboxylic acids is 1. The van der Waals surface area contributed by atoms with Crippen molar-refractivity contribution < 1.29 is 17.9 Å². The fourth-order valence-corrected chi connectivity index (χ4v) is 4.97. The van der Waals surface area contributed by atoms with E-state index in [0.717, 1.165) is 5.69 Å². The molecule has 0 radical (unpaired) electrons. The van der Waals surface area contributed by atoms with Crippen molar-refractivity contribution in [2.75, 3.05) is 50.6 Å². The second-order valence-corrected chi connectivity index (χ2v) is 9.35. The van der Waals surface area contributed by atoms with Gasteiger partial charge in [0.1, 0.15) is 0 Å². The van der Waals surface area contributed by atoms with Gasteiger partial charge < -0.3 is 15.0 Å². The number of nitrogens with one attached hydrogen (secondary N) is 1. The molecule has 29 heavy (non-hydrogen) atoms. The first-order chi connectivity index (χ1) is 13.7. The zero-order valence-corrected chi connectivity index (χ0v) is 18.2. The number of hydrogen-bond acceptors (Lipinski definition) is 5. The highest BCUT2D eigenvalue weighted by atomic mass is 35.5. The van der Waals surface area contributed by atoms with Gasteiger partial charge in [0.05, 0.1) is 29.5 Å². The molecule has 0 bridgehead atoms. The molecule has 0 saturated carbocycles. The van der Waals surface area contributed by atoms with E-state index in [1.165, 1.54) is 10.4 Å². The van der Waals surface area contributed by atoms with Gasteiger partial charge in [-0.05, 0) is 42.8 Å². The van der Waals surface area contributed by atoms with Gasteiger partial charge in [-0.2, -0.15) is 4.31 Å². The van der Waals surface area contributed by atoms with E-state index < -0.39 is 15.9 Å². The average molecular weight is 438 g/mol. The minimum atomic E-state index is -3.71. The molecule has 1 saturated heterocycles. The van der Waals surface area contributed by atoms with Gasteiger partial charge in [-0.25, -0.2) is 8.42 Å². The molecular formula is C20H24ClN3O4S. The number of halogens is 1. The fourth-order valence-electron chi connectivity index (χ4n) is 3.14. The Morgan fingerprint density at radius 3 is 2.48 bits per heavy atom. The molecule has 0 atom stereocenters. The third-order valence-electron chi connectivity index (χ3n) is 4.73. The molecule has 0 spiro atoms. The zero-order chi connectivity index (χ0) is 21.2. The molecule has 3 rings (SSSR count). The number of nitrogens with zero attached hydrogens (tertiary/aromatic N) is 2. The summed E-state index contributed by atoms with van der Waals surface area (Å²) in [6.07, 6.45) is 0. The second-order valence-electron chi connectivity index (χ2n) is 7.01. The van der Waals surface area contributed by atoms with Crippen molar-refractivity contribution in [3.63, 3.8) is 0 Å². The highest BCUT2D eigenvalue weighted by molar-refractivity contribution is 7.89. The first-order valence-electron chi connectivity index (χ1n) is 9.17. The molecule has 1 fully saturated rings. The number of carbonyl (C=O) groups is 1. The topological polar surface area (TPSA) is 79.0 Å². The van der Waals surface area contributed by atoms with Crippen LogP contribution < -0.4 is 10.2 Å². The van der Waals surface area contributed by atoms with Crippen molar-refractivity contribution in [3.05, 3.63) is 52.5 Å². The van der Waals surface area contributed by atoms with E-state index in [1.54, 1.807) is 37.3 Å². The van der Waals surface area contributed by atoms with Crippen molar-refractivity contribution in [2.45, 2.75) is 11.8 Å². The summed E-state index contributed by atoms with van der Waals surface area (Å²) in [5, 5.41) is 3.32. The Morgan fingerprint density at radius 2 is 1.83 bits per heavy atom. The molecule has 2 aromatic rings. The second kappa shape index (κ2) is 8.71. The molecule has 1 amide bonds. The summed E-state index contributed by atoms with van der Waals surface area (Å²) in [6.45, 7) is 3.04. The first-order valence-corrected chi connectivity index (χ1v) is 11.0. The number of morpholine rings is 1. The van der Waals surface area contributed by atoms with E-state index in [2.05, 4.69) is 5.32 Å². The highest BCUT2D eigenvalue weighted by Gasteiger charge is 2.28. The Bertz CT molecular complexity index is 1020. The van der Waals surface area contributed by atoms with Crippen LogP contribution >= 0.6 is 11.6 Å². The summed E-state index contributed by atoms with van der Waals surface area (Å²) < 4.78 is 32.7. The molecule has 1 N–H and O–H groups in total. The Morgan fingerprint density at radius 1 is 1.14 bits per heavy atom. The van der Waals surface area contributed by atoms with Crippen LogP contribution in [0.25, 0.3) is 0 Å². The zero-order valence-electron chi connectivity index (χ0n) is 16.6. The van der Waals surface area contributed by atoms with E-state index in [0.29, 0.717) is 42.6 Å². The van der Waals surface area contributed by atoms with Crippen LogP contribution in [0.2, 0.25) is 5.02 Å². The maximum Gasteiger partial charge on any atom is 0.255 e. The van der Waals surface area contributed by atoms with Gasteiger partial charge in [-0.15, -0.1) is 0 Å². The van der Waals surface area contributed by atoms with Gasteiger partial charge in [0.15, 0.2) is 0 Å². The number of sulfonamides is 1. The van der Waals surface area contributed by atoms with E-state index in [4.69, 9.17) is 16.3 Å². The average Bonchev–Trinajstić information content (AvgIpc) is 2.68. The minimum absolute atomic E-state index is 0.131. The van der Waals surface area contributed by atoms with Gasteiger partial charge in [-0.3, -0.25) is 4.79 Å². The van der Waals surface area contributed by atoms with E-state index in [-0.39, 0.29) is 10.5 Å². The quantitative estimate of drug-likeness (QED) is 0.777. The summed E-state index contributed by atoms with van der Waals surface area (Å²) in [7, 11) is 0.0119. The predicted octanol–water partition coefficient (Wildman–Crippen LogP) is 2.99. The molecule has 1 aliphatic heterocycles. The van der Waals surface area contributed by atoms with Crippen LogP contribution in [0.15, 0.2) is 41.3 Å². The van der Waals surface area contributed by atoms with Gasteiger partial charge in [0.2, 0.25) is 10.0 Å². The normalized spacial score (nSPS) is 15.2. The van der Waals surface area contributed by atoms with E-state index in [1.807, 2.05) is 19.0 Å². The number of hydrogen-bond donors (Lipinski definition) is 1. The first kappa shape index (κ1) is 21.6. The van der Waals surface area contributed by atoms with Crippen LogP contribution in [0.4, 0.5) is 11.4 Å². The van der Waals surface area contributed by atoms with Crippen molar-refractivity contribution in [2.24, 2.45) is 0 Å². The molecule has 0 aromatic heterocycles. The third-order valence-corrected chi connectivity index (χ3v) is 7.00. The molecule has 9 heteroatoms. The van der Waals surface area contributed by atoms with Gasteiger partial charge >= 0.3 is 0 Å². The number of rotatable bonds is 5. The third kappa shape index (κ3) is 4.72. The maximum absolute atomic E-state index is 13.0. The van der Waals surface area contributed by atoms with E-state index >= 15 is 0 Å². The highest BCUT2D eigenvalue weighted by Crippen LogP contribution is 2.29. The van der Waals surface area contributed by atoms with Crippen LogP contribution in [0.3, 0.4) is 0 Å². The number of anilines is 2. The standard InChI is InChI=1S/C20H24ClN3O4S/c1-14-4-5-15(12-19(14)29(26,27)24-8-10-28-11-9-24)20(25)22-17-13-16(21)6-7-18(17)23(2)3/h4-7,12-13H,8-11H2,1-3H3,(H,22,25). The van der Waals surface area contributed by atoms with Crippen molar-refractivity contribution in [3.8, 4) is 0 Å². The smallest absolute Gasteiger partial charge is 0.255 e. The Labute approximate surface area is 176 Å². The largest absolute Gasteiger partial charge is 0.379 e. The lowest BCUT2D eigenvalue weighted by molar-refractivity contribution is 0.0730. The lowest BCUT2D eigenvalue weighted by atomic mass is 10.1. The number of amides is 1. The Kier molecular flexibility index (Phi) is 6.48. The van der Waals surface area contributed by atoms with Crippen molar-refractivity contribution >= 4 is 38.9 Å². The van der Waals surface area contributed by atoms with Crippen LogP contribution in [-0.4, -0.2) is 59.0 Å². The van der Waals surface area contributed by atoms with Gasteiger partial charge in [-0.1, -0.05) is 17.7 Å². The molecule has 2 aromatic carbocycles. The van der Waals surface area contributed by atoms with Gasteiger partial charge in [0.25, 0.3) is 5.91 Å². The molecular weight excluding hydrogens is 414 g/mol. The number of aryl methyl sites for hydroxylation is 1. The maximum atomic E-state index is 13.0. The minimum Gasteiger partial charge on any atom is -0.379 e. The summed E-state index contributed by atoms with van der Waals surface area (Å²) in [5.74, 6) is -0.409. The van der Waals surface area contributed by atoms with Crippen LogP contribution in [0.1, 0.15) is 15.9 Å². The molecule has 7 nitrogen and oxygen atoms in total. The number of ether oxygens (including phenoxy) is 1. The summed E-state index contributed by atoms with van der Waals surface area (Å²) in [5.41, 5.74) is 2.18. The SMILES string of the molecule is Cc1ccc(C(=O)Nc2cc(Cl)ccc2N(C)C)cc1S(=O)(=O)N1CCOCC1. The predicted molar refractivity (Wildman–Crippen MR) is 114 cm³/mol. The lowest BCUT2D eigenvalue weighted by Gasteiger charge is -2.26. The number of benzene rings is 2. The van der Waals surface area contributed by atoms with Crippen LogP contribution in [-0.2, 0) is 14.8 Å². The molecule has 156 valence electrons.